The number of hydrogen-bond acceptors (Lipinski definition) is 2. The van der Waals surface area contributed by atoms with Gasteiger partial charge in [-0.3, -0.25) is 0 Å². The fourth-order valence-electron chi connectivity index (χ4n) is 2.86. The number of rotatable bonds is 6. The third-order valence-electron chi connectivity index (χ3n) is 4.29. The summed E-state index contributed by atoms with van der Waals surface area (Å²) >= 11 is 6.12. The number of nitrogens with one attached hydrogen (secondary N) is 1. The maximum Gasteiger partial charge on any atom is 0.0587 e. The molecule has 1 aliphatic carbocycles. The zero-order chi connectivity index (χ0) is 13.0. The molecule has 0 aromatic heterocycles. The first kappa shape index (κ1) is 13.9. The molecule has 100 valence electrons. The lowest BCUT2D eigenvalue weighted by Crippen LogP contribution is -2.50. The second-order valence-corrected chi connectivity index (χ2v) is 5.71. The first-order chi connectivity index (χ1) is 8.69. The van der Waals surface area contributed by atoms with Gasteiger partial charge in [0.15, 0.2) is 0 Å². The first-order valence-corrected chi connectivity index (χ1v) is 7.02. The highest BCUT2D eigenvalue weighted by Gasteiger charge is 2.44. The zero-order valence-electron chi connectivity index (χ0n) is 11.2. The monoisotopic (exact) mass is 267 g/mol. The van der Waals surface area contributed by atoms with Gasteiger partial charge in [0.1, 0.15) is 0 Å². The summed E-state index contributed by atoms with van der Waals surface area (Å²) in [7, 11) is 1.74. The zero-order valence-corrected chi connectivity index (χ0v) is 12.0. The van der Waals surface area contributed by atoms with E-state index in [9.17, 15) is 0 Å². The Morgan fingerprint density at radius 3 is 2.89 bits per heavy atom. The Bertz CT molecular complexity index is 396. The van der Waals surface area contributed by atoms with E-state index in [-0.39, 0.29) is 5.41 Å². The Labute approximate surface area is 115 Å². The van der Waals surface area contributed by atoms with E-state index in [0.29, 0.717) is 5.92 Å². The van der Waals surface area contributed by atoms with Crippen LogP contribution in [0.3, 0.4) is 0 Å². The van der Waals surface area contributed by atoms with Crippen LogP contribution in [0, 0.1) is 5.92 Å². The fraction of sp³-hybridized carbons (Fsp3) is 0.600. The van der Waals surface area contributed by atoms with Crippen LogP contribution >= 0.6 is 11.6 Å². The van der Waals surface area contributed by atoms with Crippen LogP contribution in [0.25, 0.3) is 0 Å². The molecule has 0 heterocycles. The highest BCUT2D eigenvalue weighted by atomic mass is 35.5. The molecule has 0 saturated heterocycles. The van der Waals surface area contributed by atoms with E-state index < -0.39 is 0 Å². The maximum absolute atomic E-state index is 6.12. The predicted octanol–water partition coefficient (Wildman–Crippen LogP) is 3.24. The van der Waals surface area contributed by atoms with Crippen molar-refractivity contribution in [3.63, 3.8) is 0 Å². The van der Waals surface area contributed by atoms with Crippen molar-refractivity contribution in [2.75, 3.05) is 26.8 Å². The Hall–Kier alpha value is -0.570. The Balaban J connectivity index is 2.07. The van der Waals surface area contributed by atoms with E-state index >= 15 is 0 Å². The van der Waals surface area contributed by atoms with Gasteiger partial charge < -0.3 is 10.1 Å². The van der Waals surface area contributed by atoms with Crippen LogP contribution in [0.4, 0.5) is 0 Å². The molecule has 1 N–H and O–H groups in total. The van der Waals surface area contributed by atoms with Gasteiger partial charge in [0, 0.05) is 30.6 Å². The molecule has 0 spiro atoms. The Morgan fingerprint density at radius 2 is 2.33 bits per heavy atom. The minimum Gasteiger partial charge on any atom is -0.383 e. The Kier molecular flexibility index (Phi) is 4.66. The summed E-state index contributed by atoms with van der Waals surface area (Å²) in [5, 5.41) is 4.35. The van der Waals surface area contributed by atoms with Crippen LogP contribution in [0.5, 0.6) is 0 Å². The van der Waals surface area contributed by atoms with E-state index in [1.165, 1.54) is 18.4 Å². The topological polar surface area (TPSA) is 21.3 Å². The van der Waals surface area contributed by atoms with Crippen LogP contribution in [0.2, 0.25) is 5.02 Å². The van der Waals surface area contributed by atoms with Crippen LogP contribution in [-0.2, 0) is 10.2 Å². The number of ether oxygens (including phenoxy) is 1. The highest BCUT2D eigenvalue weighted by Crippen LogP contribution is 2.48. The van der Waals surface area contributed by atoms with E-state index in [1.54, 1.807) is 7.11 Å². The number of hydrogen-bond donors (Lipinski definition) is 1. The molecule has 0 aliphatic heterocycles. The SMILES string of the molecule is COCCNCC1(c2cccc(Cl)c2)CCC1C. The molecule has 1 fully saturated rings. The van der Waals surface area contributed by atoms with Gasteiger partial charge in [0.05, 0.1) is 6.61 Å². The maximum atomic E-state index is 6.12. The highest BCUT2D eigenvalue weighted by molar-refractivity contribution is 6.30. The third-order valence-corrected chi connectivity index (χ3v) is 4.52. The average molecular weight is 268 g/mol. The quantitative estimate of drug-likeness (QED) is 0.799. The van der Waals surface area contributed by atoms with Crippen molar-refractivity contribution < 1.29 is 4.74 Å². The second-order valence-electron chi connectivity index (χ2n) is 5.28. The average Bonchev–Trinajstić information content (AvgIpc) is 2.37. The lowest BCUT2D eigenvalue weighted by molar-refractivity contribution is 0.127. The van der Waals surface area contributed by atoms with Gasteiger partial charge in [-0.1, -0.05) is 30.7 Å². The molecular weight excluding hydrogens is 246 g/mol. The van der Waals surface area contributed by atoms with Gasteiger partial charge in [-0.15, -0.1) is 0 Å². The molecule has 1 aromatic carbocycles. The summed E-state index contributed by atoms with van der Waals surface area (Å²) in [5.74, 6) is 0.714. The van der Waals surface area contributed by atoms with Crippen molar-refractivity contribution in [3.8, 4) is 0 Å². The van der Waals surface area contributed by atoms with Gasteiger partial charge in [0.2, 0.25) is 0 Å². The van der Waals surface area contributed by atoms with Crippen molar-refractivity contribution in [2.45, 2.75) is 25.2 Å². The molecule has 1 saturated carbocycles. The van der Waals surface area contributed by atoms with Crippen molar-refractivity contribution in [1.82, 2.24) is 5.32 Å². The third kappa shape index (κ3) is 2.71. The number of methoxy groups -OCH3 is 1. The largest absolute Gasteiger partial charge is 0.383 e. The summed E-state index contributed by atoms with van der Waals surface area (Å²) in [5.41, 5.74) is 1.64. The Morgan fingerprint density at radius 1 is 1.50 bits per heavy atom. The predicted molar refractivity (Wildman–Crippen MR) is 76.3 cm³/mol. The number of benzene rings is 1. The molecule has 3 heteroatoms. The molecule has 0 amide bonds. The minimum absolute atomic E-state index is 0.263. The van der Waals surface area contributed by atoms with Crippen molar-refractivity contribution in [3.05, 3.63) is 34.9 Å². The van der Waals surface area contributed by atoms with Crippen molar-refractivity contribution in [2.24, 2.45) is 5.92 Å². The molecule has 1 aliphatic rings. The summed E-state index contributed by atoms with van der Waals surface area (Å²) < 4.78 is 5.08. The standard InChI is InChI=1S/C15H22ClNO/c1-12-6-7-15(12,11-17-8-9-18-2)13-4-3-5-14(16)10-13/h3-5,10,12,17H,6-9,11H2,1-2H3. The van der Waals surface area contributed by atoms with E-state index in [2.05, 4.69) is 30.4 Å². The molecule has 18 heavy (non-hydrogen) atoms. The molecular formula is C15H22ClNO. The van der Waals surface area contributed by atoms with Gasteiger partial charge in [-0.2, -0.15) is 0 Å². The van der Waals surface area contributed by atoms with E-state index in [1.807, 2.05) is 6.07 Å². The van der Waals surface area contributed by atoms with Gasteiger partial charge in [0.25, 0.3) is 0 Å². The molecule has 2 atom stereocenters. The molecule has 2 rings (SSSR count). The van der Waals surface area contributed by atoms with Crippen LogP contribution in [-0.4, -0.2) is 26.8 Å². The first-order valence-electron chi connectivity index (χ1n) is 6.65. The summed E-state index contributed by atoms with van der Waals surface area (Å²) in [4.78, 5) is 0. The van der Waals surface area contributed by atoms with Crippen LogP contribution < -0.4 is 5.32 Å². The van der Waals surface area contributed by atoms with E-state index in [0.717, 1.165) is 24.7 Å². The lowest BCUT2D eigenvalue weighted by atomic mass is 9.57. The summed E-state index contributed by atoms with van der Waals surface area (Å²) in [6.07, 6.45) is 2.55. The molecule has 0 bridgehead atoms. The normalized spacial score (nSPS) is 26.9. The smallest absolute Gasteiger partial charge is 0.0587 e. The van der Waals surface area contributed by atoms with Crippen LogP contribution in [0.15, 0.2) is 24.3 Å². The van der Waals surface area contributed by atoms with Gasteiger partial charge in [-0.25, -0.2) is 0 Å². The lowest BCUT2D eigenvalue weighted by Gasteiger charge is -2.49. The van der Waals surface area contributed by atoms with Gasteiger partial charge in [-0.05, 0) is 36.5 Å². The van der Waals surface area contributed by atoms with Gasteiger partial charge >= 0.3 is 0 Å². The fourth-order valence-corrected chi connectivity index (χ4v) is 3.05. The summed E-state index contributed by atoms with van der Waals surface area (Å²) in [6, 6.07) is 8.33. The molecule has 2 unspecified atom stereocenters. The van der Waals surface area contributed by atoms with Crippen LogP contribution in [0.1, 0.15) is 25.3 Å². The minimum atomic E-state index is 0.263. The van der Waals surface area contributed by atoms with E-state index in [4.69, 9.17) is 16.3 Å². The second kappa shape index (κ2) is 6.05. The summed E-state index contributed by atoms with van der Waals surface area (Å²) in [6.45, 7) is 5.02. The molecule has 1 aromatic rings. The number of halogens is 1. The molecule has 0 radical (unpaired) electrons. The van der Waals surface area contributed by atoms with Crippen molar-refractivity contribution in [1.29, 1.82) is 0 Å². The van der Waals surface area contributed by atoms with Crippen molar-refractivity contribution >= 4 is 11.6 Å². The molecule has 2 nitrogen and oxygen atoms in total.